The fourth-order valence-corrected chi connectivity index (χ4v) is 1.15. The van der Waals surface area contributed by atoms with Crippen LogP contribution >= 0.6 is 0 Å². The first-order valence-corrected chi connectivity index (χ1v) is 4.30. The second kappa shape index (κ2) is 4.14. The Hall–Kier alpha value is -1.17. The van der Waals surface area contributed by atoms with Gasteiger partial charge in [-0.3, -0.25) is 0 Å². The van der Waals surface area contributed by atoms with Crippen LogP contribution in [0.15, 0.2) is 12.3 Å². The van der Waals surface area contributed by atoms with Crippen molar-refractivity contribution in [3.05, 3.63) is 35.1 Å². The van der Waals surface area contributed by atoms with Crippen molar-refractivity contribution in [2.75, 3.05) is 0 Å². The van der Waals surface area contributed by atoms with Crippen LogP contribution in [0.25, 0.3) is 5.73 Å². The molecule has 0 aliphatic heterocycles. The van der Waals surface area contributed by atoms with E-state index in [0.29, 0.717) is 0 Å². The molecule has 1 aromatic rings. The lowest BCUT2D eigenvalue weighted by atomic mass is 10.1. The number of alkyl halides is 3. The minimum atomic E-state index is -4.81. The van der Waals surface area contributed by atoms with Crippen LogP contribution in [0.2, 0.25) is 0 Å². The lowest BCUT2D eigenvalue weighted by Crippen LogP contribution is -2.13. The number of hydrogen-bond donors (Lipinski definition) is 0. The normalized spacial score (nSPS) is 14.0. The number of aromatic nitrogens is 1. The zero-order valence-electron chi connectivity index (χ0n) is 7.90. The lowest BCUT2D eigenvalue weighted by molar-refractivity contribution is -0.143. The van der Waals surface area contributed by atoms with Gasteiger partial charge in [-0.15, -0.1) is 6.04 Å². The Morgan fingerprint density at radius 2 is 2.07 bits per heavy atom. The molecule has 1 rings (SSSR count). The van der Waals surface area contributed by atoms with Crippen molar-refractivity contribution in [3.63, 3.8) is 0 Å². The molecule has 0 aliphatic carbocycles. The molecule has 0 bridgehead atoms. The number of nitrogens with zero attached hydrogens (tertiary/aromatic N) is 1. The van der Waals surface area contributed by atoms with E-state index in [1.807, 2.05) is 0 Å². The summed E-state index contributed by atoms with van der Waals surface area (Å²) in [6.07, 6.45) is -3.69. The third-order valence-corrected chi connectivity index (χ3v) is 1.97. The van der Waals surface area contributed by atoms with Crippen LogP contribution in [0.4, 0.5) is 17.6 Å². The van der Waals surface area contributed by atoms with Gasteiger partial charge in [-0.05, 0) is 11.6 Å². The van der Waals surface area contributed by atoms with Gasteiger partial charge in [0, 0.05) is 6.20 Å². The molecule has 84 valence electrons. The predicted molar refractivity (Wildman–Crippen MR) is 46.6 cm³/mol. The Morgan fingerprint density at radius 1 is 1.47 bits per heavy atom. The highest BCUT2D eigenvalue weighted by atomic mass is 19.4. The van der Waals surface area contributed by atoms with Crippen LogP contribution in [-0.2, 0) is 6.18 Å². The van der Waals surface area contributed by atoms with E-state index in [1.54, 1.807) is 6.92 Å². The van der Waals surface area contributed by atoms with Crippen LogP contribution in [0.5, 0.6) is 0 Å². The molecule has 0 spiro atoms. The smallest absolute Gasteiger partial charge is 0.436 e. The van der Waals surface area contributed by atoms with Crippen LogP contribution in [0, 0.1) is 5.82 Å². The maximum atomic E-state index is 13.3. The molecule has 1 heterocycles. The number of halogens is 4. The molecule has 0 fully saturated rings. The molecule has 6 heteroatoms. The van der Waals surface area contributed by atoms with Gasteiger partial charge in [-0.2, -0.15) is 13.2 Å². The van der Waals surface area contributed by atoms with Gasteiger partial charge in [0.15, 0.2) is 11.5 Å². The third-order valence-electron chi connectivity index (χ3n) is 1.97. The first-order valence-electron chi connectivity index (χ1n) is 4.30. The van der Waals surface area contributed by atoms with Crippen LogP contribution in [-0.4, -0.2) is 4.98 Å². The average Bonchev–Trinajstić information content (AvgIpc) is 2.15. The Bertz CT molecular complexity index is 348. The average molecular weight is 221 g/mol. The molecule has 0 radical (unpaired) electrons. The van der Waals surface area contributed by atoms with Gasteiger partial charge in [-0.1, -0.05) is 13.3 Å². The SMILES string of the molecule is CC[C@@H]([NH-])c1ccnc(C(F)(F)F)c1F. The molecule has 0 saturated carbocycles. The molecule has 2 nitrogen and oxygen atoms in total. The van der Waals surface area contributed by atoms with E-state index in [2.05, 4.69) is 4.98 Å². The van der Waals surface area contributed by atoms with E-state index in [1.165, 1.54) is 0 Å². The monoisotopic (exact) mass is 221 g/mol. The van der Waals surface area contributed by atoms with Crippen molar-refractivity contribution >= 4 is 0 Å². The molecule has 1 aromatic heterocycles. The molecular formula is C9H9F4N2-. The lowest BCUT2D eigenvalue weighted by Gasteiger charge is -2.20. The zero-order chi connectivity index (χ0) is 11.6. The summed E-state index contributed by atoms with van der Waals surface area (Å²) >= 11 is 0. The van der Waals surface area contributed by atoms with Gasteiger partial charge in [0.05, 0.1) is 0 Å². The molecule has 0 unspecified atom stereocenters. The minimum absolute atomic E-state index is 0.248. The Kier molecular flexibility index (Phi) is 3.28. The second-order valence-corrected chi connectivity index (χ2v) is 3.02. The highest BCUT2D eigenvalue weighted by Crippen LogP contribution is 2.33. The van der Waals surface area contributed by atoms with Gasteiger partial charge < -0.3 is 5.73 Å². The van der Waals surface area contributed by atoms with Crippen molar-refractivity contribution in [2.45, 2.75) is 25.6 Å². The van der Waals surface area contributed by atoms with Crippen molar-refractivity contribution in [1.29, 1.82) is 0 Å². The van der Waals surface area contributed by atoms with Gasteiger partial charge in [0.1, 0.15) is 0 Å². The van der Waals surface area contributed by atoms with Crippen molar-refractivity contribution in [1.82, 2.24) is 4.98 Å². The van der Waals surface area contributed by atoms with Gasteiger partial charge in [0.25, 0.3) is 0 Å². The molecule has 0 saturated heterocycles. The topological polar surface area (TPSA) is 36.7 Å². The summed E-state index contributed by atoms with van der Waals surface area (Å²) in [4.78, 5) is 2.94. The summed E-state index contributed by atoms with van der Waals surface area (Å²) in [6.45, 7) is 1.60. The molecule has 0 aliphatic rings. The highest BCUT2D eigenvalue weighted by Gasteiger charge is 2.36. The summed E-state index contributed by atoms with van der Waals surface area (Å²) in [6, 6.07) is 0.111. The van der Waals surface area contributed by atoms with E-state index in [4.69, 9.17) is 5.73 Å². The van der Waals surface area contributed by atoms with E-state index in [-0.39, 0.29) is 12.0 Å². The standard InChI is InChI=1S/C9H9F4N2/c1-2-6(14)5-3-4-15-8(7(5)10)9(11,12)13/h3-4,6,14H,2H2,1H3/q-1/t6-/m1/s1. The van der Waals surface area contributed by atoms with Crippen LogP contribution in [0.3, 0.4) is 0 Å². The summed E-state index contributed by atoms with van der Waals surface area (Å²) in [7, 11) is 0. The second-order valence-electron chi connectivity index (χ2n) is 3.02. The summed E-state index contributed by atoms with van der Waals surface area (Å²) in [5, 5.41) is 0. The molecule has 1 atom stereocenters. The molecule has 0 amide bonds. The summed E-state index contributed by atoms with van der Waals surface area (Å²) < 4.78 is 50.0. The number of hydrogen-bond acceptors (Lipinski definition) is 1. The van der Waals surface area contributed by atoms with Crippen molar-refractivity contribution in [2.24, 2.45) is 0 Å². The Morgan fingerprint density at radius 3 is 2.53 bits per heavy atom. The first kappa shape index (κ1) is 11.9. The van der Waals surface area contributed by atoms with Crippen LogP contribution in [0.1, 0.15) is 30.6 Å². The molecular weight excluding hydrogens is 212 g/mol. The van der Waals surface area contributed by atoms with E-state index in [9.17, 15) is 17.6 Å². The van der Waals surface area contributed by atoms with Crippen molar-refractivity contribution < 1.29 is 17.6 Å². The van der Waals surface area contributed by atoms with E-state index >= 15 is 0 Å². The fourth-order valence-electron chi connectivity index (χ4n) is 1.15. The number of pyridine rings is 1. The predicted octanol–water partition coefficient (Wildman–Crippen LogP) is 3.74. The minimum Gasteiger partial charge on any atom is -0.671 e. The van der Waals surface area contributed by atoms with Crippen molar-refractivity contribution in [3.8, 4) is 0 Å². The highest BCUT2D eigenvalue weighted by molar-refractivity contribution is 5.25. The van der Waals surface area contributed by atoms with E-state index in [0.717, 1.165) is 12.3 Å². The zero-order valence-corrected chi connectivity index (χ0v) is 7.90. The summed E-state index contributed by atoms with van der Waals surface area (Å²) in [5.41, 5.74) is 5.55. The largest absolute Gasteiger partial charge is 0.671 e. The maximum Gasteiger partial charge on any atom is 0.436 e. The Labute approximate surface area is 84.1 Å². The summed E-state index contributed by atoms with van der Waals surface area (Å²) in [5.74, 6) is -1.44. The van der Waals surface area contributed by atoms with E-state index < -0.39 is 23.7 Å². The number of rotatable bonds is 2. The van der Waals surface area contributed by atoms with Gasteiger partial charge in [-0.25, -0.2) is 9.37 Å². The fraction of sp³-hybridized carbons (Fsp3) is 0.444. The van der Waals surface area contributed by atoms with Crippen LogP contribution < -0.4 is 0 Å². The number of nitrogens with one attached hydrogen (secondary N) is 1. The first-order chi connectivity index (χ1) is 6.88. The molecule has 15 heavy (non-hydrogen) atoms. The molecule has 0 aromatic carbocycles. The van der Waals surface area contributed by atoms with Gasteiger partial charge in [0.2, 0.25) is 0 Å². The third kappa shape index (κ3) is 2.44. The van der Waals surface area contributed by atoms with Gasteiger partial charge >= 0.3 is 6.18 Å². The Balaban J connectivity index is 3.23. The molecule has 1 N–H and O–H groups in total. The quantitative estimate of drug-likeness (QED) is 0.700. The maximum absolute atomic E-state index is 13.3.